The van der Waals surface area contributed by atoms with Gasteiger partial charge in [-0.05, 0) is 12.1 Å². The highest BCUT2D eigenvalue weighted by Crippen LogP contribution is 2.20. The highest BCUT2D eigenvalue weighted by atomic mass is 16.5. The summed E-state index contributed by atoms with van der Waals surface area (Å²) >= 11 is 0. The SMILES string of the molecule is CC(C)(C)C(=O)c1ccc(C(=O)NO)cc1. The zero-order valence-corrected chi connectivity index (χ0v) is 9.57. The number of benzene rings is 1. The lowest BCUT2D eigenvalue weighted by atomic mass is 9.86. The number of Topliss-reactive ketones (excluding diaryl/α,β-unsaturated/α-hetero) is 1. The number of nitrogens with one attached hydrogen (secondary N) is 1. The Morgan fingerprint density at radius 1 is 1.06 bits per heavy atom. The van der Waals surface area contributed by atoms with E-state index in [2.05, 4.69) is 0 Å². The average Bonchev–Trinajstić information content (AvgIpc) is 2.26. The lowest BCUT2D eigenvalue weighted by Gasteiger charge is -2.16. The fourth-order valence-corrected chi connectivity index (χ4v) is 1.27. The molecule has 1 aromatic rings. The maximum atomic E-state index is 11.9. The van der Waals surface area contributed by atoms with Crippen molar-refractivity contribution in [3.8, 4) is 0 Å². The Morgan fingerprint density at radius 3 is 1.88 bits per heavy atom. The predicted octanol–water partition coefficient (Wildman–Crippen LogP) is 2.03. The van der Waals surface area contributed by atoms with Gasteiger partial charge in [0, 0.05) is 16.5 Å². The van der Waals surface area contributed by atoms with Gasteiger partial charge < -0.3 is 0 Å². The Bertz CT molecular complexity index is 401. The molecule has 86 valence electrons. The van der Waals surface area contributed by atoms with E-state index in [4.69, 9.17) is 5.21 Å². The summed E-state index contributed by atoms with van der Waals surface area (Å²) in [6, 6.07) is 6.17. The zero-order chi connectivity index (χ0) is 12.3. The Kier molecular flexibility index (Phi) is 3.44. The Balaban J connectivity index is 2.96. The van der Waals surface area contributed by atoms with E-state index in [1.807, 2.05) is 20.8 Å². The lowest BCUT2D eigenvalue weighted by molar-refractivity contribution is 0.0706. The third-order valence-corrected chi connectivity index (χ3v) is 2.19. The molecule has 4 heteroatoms. The molecule has 0 saturated heterocycles. The minimum absolute atomic E-state index is 0.0171. The maximum Gasteiger partial charge on any atom is 0.274 e. The zero-order valence-electron chi connectivity index (χ0n) is 9.57. The molecule has 1 amide bonds. The van der Waals surface area contributed by atoms with Gasteiger partial charge in [-0.2, -0.15) is 0 Å². The van der Waals surface area contributed by atoms with Crippen LogP contribution in [0.5, 0.6) is 0 Å². The topological polar surface area (TPSA) is 66.4 Å². The van der Waals surface area contributed by atoms with E-state index >= 15 is 0 Å². The van der Waals surface area contributed by atoms with Crippen LogP contribution < -0.4 is 5.48 Å². The number of hydroxylamine groups is 1. The second-order valence-corrected chi connectivity index (χ2v) is 4.60. The molecule has 0 aliphatic heterocycles. The molecule has 0 spiro atoms. The molecule has 0 fully saturated rings. The number of carbonyl (C=O) groups is 2. The van der Waals surface area contributed by atoms with Crippen molar-refractivity contribution in [1.82, 2.24) is 5.48 Å². The quantitative estimate of drug-likeness (QED) is 0.456. The van der Waals surface area contributed by atoms with Gasteiger partial charge in [-0.3, -0.25) is 14.8 Å². The number of hydrogen-bond donors (Lipinski definition) is 2. The first kappa shape index (κ1) is 12.4. The minimum Gasteiger partial charge on any atom is -0.294 e. The van der Waals surface area contributed by atoms with Crippen molar-refractivity contribution < 1.29 is 14.8 Å². The molecule has 0 unspecified atom stereocenters. The van der Waals surface area contributed by atoms with Gasteiger partial charge in [0.25, 0.3) is 5.91 Å². The van der Waals surface area contributed by atoms with Crippen LogP contribution in [0.15, 0.2) is 24.3 Å². The van der Waals surface area contributed by atoms with Crippen molar-refractivity contribution in [2.24, 2.45) is 5.41 Å². The van der Waals surface area contributed by atoms with Gasteiger partial charge in [0.15, 0.2) is 5.78 Å². The average molecular weight is 221 g/mol. The van der Waals surface area contributed by atoms with Crippen LogP contribution in [0, 0.1) is 5.41 Å². The summed E-state index contributed by atoms with van der Waals surface area (Å²) in [6.07, 6.45) is 0. The monoisotopic (exact) mass is 221 g/mol. The first-order valence-corrected chi connectivity index (χ1v) is 4.95. The summed E-state index contributed by atoms with van der Waals surface area (Å²) in [5.41, 5.74) is 1.96. The Morgan fingerprint density at radius 2 is 1.50 bits per heavy atom. The highest BCUT2D eigenvalue weighted by Gasteiger charge is 2.22. The van der Waals surface area contributed by atoms with E-state index in [-0.39, 0.29) is 5.78 Å². The summed E-state index contributed by atoms with van der Waals surface area (Å²) in [5.74, 6) is -0.571. The number of ketones is 1. The van der Waals surface area contributed by atoms with Crippen LogP contribution in [0.25, 0.3) is 0 Å². The number of carbonyl (C=O) groups excluding carboxylic acids is 2. The van der Waals surface area contributed by atoms with Gasteiger partial charge in [0.1, 0.15) is 0 Å². The molecule has 0 aliphatic carbocycles. The van der Waals surface area contributed by atoms with Crippen molar-refractivity contribution >= 4 is 11.7 Å². The molecule has 0 radical (unpaired) electrons. The first-order valence-electron chi connectivity index (χ1n) is 4.95. The summed E-state index contributed by atoms with van der Waals surface area (Å²) in [5, 5.41) is 8.43. The summed E-state index contributed by atoms with van der Waals surface area (Å²) in [7, 11) is 0. The number of rotatable bonds is 2. The molecular formula is C12H15NO3. The molecule has 0 bridgehead atoms. The molecule has 1 aromatic carbocycles. The van der Waals surface area contributed by atoms with E-state index in [0.717, 1.165) is 0 Å². The predicted molar refractivity (Wildman–Crippen MR) is 59.5 cm³/mol. The smallest absolute Gasteiger partial charge is 0.274 e. The molecular weight excluding hydrogens is 206 g/mol. The molecule has 0 atom stereocenters. The summed E-state index contributed by atoms with van der Waals surface area (Å²) < 4.78 is 0. The van der Waals surface area contributed by atoms with Crippen LogP contribution in [0.2, 0.25) is 0 Å². The third-order valence-electron chi connectivity index (χ3n) is 2.19. The fourth-order valence-electron chi connectivity index (χ4n) is 1.27. The lowest BCUT2D eigenvalue weighted by Crippen LogP contribution is -2.21. The standard InChI is InChI=1S/C12H15NO3/c1-12(2,3)10(14)8-4-6-9(7-5-8)11(15)13-16/h4-7,16H,1-3H3,(H,13,15). The molecule has 16 heavy (non-hydrogen) atoms. The maximum absolute atomic E-state index is 11.9. The van der Waals surface area contributed by atoms with E-state index in [1.54, 1.807) is 12.1 Å². The second-order valence-electron chi connectivity index (χ2n) is 4.60. The fraction of sp³-hybridized carbons (Fsp3) is 0.333. The number of hydrogen-bond acceptors (Lipinski definition) is 3. The normalized spacial score (nSPS) is 11.0. The van der Waals surface area contributed by atoms with E-state index in [9.17, 15) is 9.59 Å². The van der Waals surface area contributed by atoms with Crippen LogP contribution in [0.1, 0.15) is 41.5 Å². The van der Waals surface area contributed by atoms with Crippen LogP contribution in [-0.2, 0) is 0 Å². The van der Waals surface area contributed by atoms with Gasteiger partial charge in [-0.1, -0.05) is 32.9 Å². The van der Waals surface area contributed by atoms with Gasteiger partial charge >= 0.3 is 0 Å². The molecule has 1 rings (SSSR count). The van der Waals surface area contributed by atoms with Gasteiger partial charge in [0.2, 0.25) is 0 Å². The minimum atomic E-state index is -0.588. The molecule has 0 aromatic heterocycles. The second kappa shape index (κ2) is 4.45. The van der Waals surface area contributed by atoms with Crippen molar-refractivity contribution in [3.05, 3.63) is 35.4 Å². The van der Waals surface area contributed by atoms with Gasteiger partial charge in [-0.15, -0.1) is 0 Å². The first-order chi connectivity index (χ1) is 7.36. The van der Waals surface area contributed by atoms with E-state index in [1.165, 1.54) is 17.6 Å². The van der Waals surface area contributed by atoms with E-state index < -0.39 is 11.3 Å². The van der Waals surface area contributed by atoms with Crippen molar-refractivity contribution in [2.45, 2.75) is 20.8 Å². The van der Waals surface area contributed by atoms with Crippen molar-refractivity contribution in [2.75, 3.05) is 0 Å². The van der Waals surface area contributed by atoms with Crippen LogP contribution in [0.4, 0.5) is 0 Å². The molecule has 0 aliphatic rings. The van der Waals surface area contributed by atoms with Crippen molar-refractivity contribution in [1.29, 1.82) is 0 Å². The molecule has 2 N–H and O–H groups in total. The van der Waals surface area contributed by atoms with Crippen LogP contribution in [0.3, 0.4) is 0 Å². The Hall–Kier alpha value is -1.68. The molecule has 0 heterocycles. The Labute approximate surface area is 94.2 Å². The van der Waals surface area contributed by atoms with Crippen LogP contribution in [-0.4, -0.2) is 16.9 Å². The highest BCUT2D eigenvalue weighted by molar-refractivity contribution is 6.01. The van der Waals surface area contributed by atoms with Crippen LogP contribution >= 0.6 is 0 Å². The molecule has 0 saturated carbocycles. The van der Waals surface area contributed by atoms with E-state index in [0.29, 0.717) is 11.1 Å². The number of amides is 1. The molecule has 4 nitrogen and oxygen atoms in total. The van der Waals surface area contributed by atoms with Crippen molar-refractivity contribution in [3.63, 3.8) is 0 Å². The van der Waals surface area contributed by atoms with Gasteiger partial charge in [-0.25, -0.2) is 5.48 Å². The largest absolute Gasteiger partial charge is 0.294 e. The summed E-state index contributed by atoms with van der Waals surface area (Å²) in [4.78, 5) is 22.9. The summed E-state index contributed by atoms with van der Waals surface area (Å²) in [6.45, 7) is 5.51. The van der Waals surface area contributed by atoms with Gasteiger partial charge in [0.05, 0.1) is 0 Å². The third kappa shape index (κ3) is 2.67.